The van der Waals surface area contributed by atoms with Crippen LogP contribution < -0.4 is 11.1 Å². The van der Waals surface area contributed by atoms with Crippen molar-refractivity contribution in [2.24, 2.45) is 5.73 Å². The van der Waals surface area contributed by atoms with Crippen molar-refractivity contribution in [2.75, 3.05) is 11.6 Å². The van der Waals surface area contributed by atoms with Gasteiger partial charge in [0.05, 0.1) is 11.8 Å². The predicted molar refractivity (Wildman–Crippen MR) is 131 cm³/mol. The zero-order chi connectivity index (χ0) is 25.6. The van der Waals surface area contributed by atoms with Crippen LogP contribution in [0.5, 0.6) is 0 Å². The van der Waals surface area contributed by atoms with E-state index in [1.807, 2.05) is 0 Å². The Morgan fingerprint density at radius 3 is 2.09 bits per heavy atom. The molecule has 3 aromatic carbocycles. The third-order valence-electron chi connectivity index (χ3n) is 4.38. The number of carbonyl (C=O) groups excluding carboxylic acids is 1. The first kappa shape index (κ1) is 26.5. The second-order valence-electron chi connectivity index (χ2n) is 7.22. The Morgan fingerprint density at radius 1 is 0.971 bits per heavy atom. The van der Waals surface area contributed by atoms with Crippen molar-refractivity contribution in [2.45, 2.75) is 6.92 Å². The number of benzene rings is 3. The molecule has 11 heteroatoms. The molecular formula is C23H22ClN3O6S. The molecule has 6 N–H and O–H groups in total. The molecule has 0 spiro atoms. The van der Waals surface area contributed by atoms with Crippen LogP contribution in [0.3, 0.4) is 0 Å². The van der Waals surface area contributed by atoms with E-state index < -0.39 is 22.0 Å². The molecular weight excluding hydrogens is 482 g/mol. The minimum Gasteiger partial charge on any atom is -0.478 e. The summed E-state index contributed by atoms with van der Waals surface area (Å²) in [5.41, 5.74) is 8.50. The Bertz CT molecular complexity index is 1350. The van der Waals surface area contributed by atoms with Crippen LogP contribution in [-0.4, -0.2) is 42.0 Å². The summed E-state index contributed by atoms with van der Waals surface area (Å²) in [7, 11) is -3.67. The maximum absolute atomic E-state index is 12.9. The number of nitrogens with two attached hydrogens (primary N) is 1. The molecule has 0 unspecified atom stereocenters. The number of halogens is 1. The monoisotopic (exact) mass is 503 g/mol. The topological polar surface area (TPSA) is 171 Å². The molecule has 0 radical (unpaired) electrons. The van der Waals surface area contributed by atoms with E-state index in [4.69, 9.17) is 27.3 Å². The molecule has 0 atom stereocenters. The fourth-order valence-corrected chi connectivity index (χ4v) is 3.11. The molecule has 0 aromatic heterocycles. The molecule has 0 aliphatic heterocycles. The summed E-state index contributed by atoms with van der Waals surface area (Å²) < 4.78 is 25.9. The number of aromatic carboxylic acids is 1. The van der Waals surface area contributed by atoms with Gasteiger partial charge in [-0.15, -0.1) is 0 Å². The number of carboxylic acid groups (broad SMARTS) is 1. The number of aryl methyl sites for hydroxylation is 1. The lowest BCUT2D eigenvalue weighted by Gasteiger charge is -2.14. The quantitative estimate of drug-likeness (QED) is 0.198. The zero-order valence-electron chi connectivity index (χ0n) is 18.2. The fourth-order valence-electron chi connectivity index (χ4n) is 2.94. The smallest absolute Gasteiger partial charge is 0.336 e. The maximum atomic E-state index is 12.9. The summed E-state index contributed by atoms with van der Waals surface area (Å²) in [4.78, 5) is 24.6. The highest BCUT2D eigenvalue weighted by atomic mass is 35.5. The van der Waals surface area contributed by atoms with Gasteiger partial charge >= 0.3 is 5.97 Å². The fraction of sp³-hybridized carbons (Fsp3) is 0.0870. The number of amides is 1. The van der Waals surface area contributed by atoms with Gasteiger partial charge in [0.2, 0.25) is 0 Å². The SMILES string of the molecule is CS(=O)(=O)O.Cc1ccc(-c2cc(Cl)ccc2C(=O)Nc2ccc(C(=N)N)cc2)c(C(=O)O)c1. The molecule has 0 aliphatic carbocycles. The van der Waals surface area contributed by atoms with Crippen molar-refractivity contribution >= 4 is 45.1 Å². The lowest BCUT2D eigenvalue weighted by Crippen LogP contribution is -2.15. The van der Waals surface area contributed by atoms with E-state index >= 15 is 0 Å². The Morgan fingerprint density at radius 2 is 1.56 bits per heavy atom. The van der Waals surface area contributed by atoms with Crippen LogP contribution in [0.4, 0.5) is 5.69 Å². The van der Waals surface area contributed by atoms with Crippen molar-refractivity contribution in [1.82, 2.24) is 0 Å². The molecule has 3 aromatic rings. The van der Waals surface area contributed by atoms with Gasteiger partial charge in [-0.1, -0.05) is 29.3 Å². The van der Waals surface area contributed by atoms with E-state index in [9.17, 15) is 23.1 Å². The third-order valence-corrected chi connectivity index (χ3v) is 4.61. The molecule has 3 rings (SSSR count). The van der Waals surface area contributed by atoms with Gasteiger partial charge in [0, 0.05) is 21.8 Å². The molecule has 0 bridgehead atoms. The van der Waals surface area contributed by atoms with Gasteiger partial charge in [-0.05, 0) is 66.6 Å². The van der Waals surface area contributed by atoms with E-state index in [0.717, 1.165) is 5.56 Å². The molecule has 0 heterocycles. The van der Waals surface area contributed by atoms with E-state index in [1.165, 1.54) is 0 Å². The van der Waals surface area contributed by atoms with Crippen LogP contribution in [0.2, 0.25) is 5.02 Å². The molecule has 0 saturated heterocycles. The van der Waals surface area contributed by atoms with E-state index in [0.29, 0.717) is 33.7 Å². The maximum Gasteiger partial charge on any atom is 0.336 e. The number of hydrogen-bond donors (Lipinski definition) is 5. The summed E-state index contributed by atoms with van der Waals surface area (Å²) in [6.07, 6.45) is 0.715. The third kappa shape index (κ3) is 7.69. The molecule has 178 valence electrons. The van der Waals surface area contributed by atoms with Crippen molar-refractivity contribution in [1.29, 1.82) is 5.41 Å². The number of anilines is 1. The number of rotatable bonds is 5. The summed E-state index contributed by atoms with van der Waals surface area (Å²) in [5.74, 6) is -1.57. The van der Waals surface area contributed by atoms with Gasteiger partial charge in [0.25, 0.3) is 16.0 Å². The normalized spacial score (nSPS) is 10.6. The average Bonchev–Trinajstić information content (AvgIpc) is 2.72. The highest BCUT2D eigenvalue weighted by molar-refractivity contribution is 7.85. The van der Waals surface area contributed by atoms with E-state index in [2.05, 4.69) is 5.32 Å². The minimum atomic E-state index is -3.67. The second kappa shape index (κ2) is 10.9. The average molecular weight is 504 g/mol. The number of nitrogens with one attached hydrogen (secondary N) is 2. The summed E-state index contributed by atoms with van der Waals surface area (Å²) in [6.45, 7) is 1.80. The summed E-state index contributed by atoms with van der Waals surface area (Å²) in [5, 5.41) is 20.2. The number of amidine groups is 1. The molecule has 9 nitrogen and oxygen atoms in total. The standard InChI is InChI=1S/C22H18ClN3O3.CH4O3S/c1-12-2-8-16(19(10-12)22(28)29)18-11-14(23)5-9-17(18)21(27)26-15-6-3-13(4-7-15)20(24)25;1-5(2,3)4/h2-11H,1H3,(H3,24,25)(H,26,27)(H,28,29);1H3,(H,2,3,4). The van der Waals surface area contributed by atoms with Crippen molar-refractivity contribution in [3.05, 3.63) is 87.9 Å². The first-order valence-corrected chi connectivity index (χ1v) is 11.8. The first-order chi connectivity index (χ1) is 15.8. The number of carbonyl (C=O) groups is 2. The highest BCUT2D eigenvalue weighted by Crippen LogP contribution is 2.31. The van der Waals surface area contributed by atoms with Crippen molar-refractivity contribution in [3.63, 3.8) is 0 Å². The zero-order valence-corrected chi connectivity index (χ0v) is 19.7. The van der Waals surface area contributed by atoms with Crippen LogP contribution >= 0.6 is 11.6 Å². The molecule has 34 heavy (non-hydrogen) atoms. The molecule has 0 fully saturated rings. The Kier molecular flexibility index (Phi) is 8.52. The Labute approximate surface area is 201 Å². The predicted octanol–water partition coefficient (Wildman–Crippen LogP) is 4.05. The van der Waals surface area contributed by atoms with Gasteiger partial charge in [-0.25, -0.2) is 4.79 Å². The molecule has 0 aliphatic rings. The molecule has 0 saturated carbocycles. The summed E-state index contributed by atoms with van der Waals surface area (Å²) >= 11 is 6.13. The van der Waals surface area contributed by atoms with Crippen molar-refractivity contribution < 1.29 is 27.7 Å². The van der Waals surface area contributed by atoms with Crippen LogP contribution in [-0.2, 0) is 10.1 Å². The number of carboxylic acids is 1. The largest absolute Gasteiger partial charge is 0.478 e. The van der Waals surface area contributed by atoms with Gasteiger partial charge in [0.15, 0.2) is 0 Å². The first-order valence-electron chi connectivity index (χ1n) is 9.58. The van der Waals surface area contributed by atoms with E-state index in [-0.39, 0.29) is 17.0 Å². The van der Waals surface area contributed by atoms with Gasteiger partial charge < -0.3 is 16.2 Å². The van der Waals surface area contributed by atoms with Crippen LogP contribution in [0, 0.1) is 12.3 Å². The van der Waals surface area contributed by atoms with Crippen molar-refractivity contribution in [3.8, 4) is 11.1 Å². The number of nitrogen functional groups attached to an aromatic ring is 1. The van der Waals surface area contributed by atoms with Crippen LogP contribution in [0.25, 0.3) is 11.1 Å². The summed E-state index contributed by atoms with van der Waals surface area (Å²) in [6, 6.07) is 16.3. The van der Waals surface area contributed by atoms with Gasteiger partial charge in [-0.3, -0.25) is 14.8 Å². The highest BCUT2D eigenvalue weighted by Gasteiger charge is 2.19. The Hall–Kier alpha value is -3.73. The minimum absolute atomic E-state index is 0.0663. The van der Waals surface area contributed by atoms with Gasteiger partial charge in [0.1, 0.15) is 5.84 Å². The van der Waals surface area contributed by atoms with Gasteiger partial charge in [-0.2, -0.15) is 8.42 Å². The lowest BCUT2D eigenvalue weighted by atomic mass is 9.93. The van der Waals surface area contributed by atoms with Crippen LogP contribution in [0.15, 0.2) is 60.7 Å². The van der Waals surface area contributed by atoms with Crippen LogP contribution in [0.1, 0.15) is 31.8 Å². The Balaban J connectivity index is 0.000000739. The van der Waals surface area contributed by atoms with E-state index in [1.54, 1.807) is 67.6 Å². The second-order valence-corrected chi connectivity index (χ2v) is 9.12. The molecule has 1 amide bonds. The lowest BCUT2D eigenvalue weighted by molar-refractivity contribution is 0.0697. The number of hydrogen-bond acceptors (Lipinski definition) is 5.